The lowest BCUT2D eigenvalue weighted by Gasteiger charge is -2.28. The summed E-state index contributed by atoms with van der Waals surface area (Å²) in [5.74, 6) is -1.33. The summed E-state index contributed by atoms with van der Waals surface area (Å²) in [5.41, 5.74) is 2.34. The molecule has 2 aliphatic heterocycles. The van der Waals surface area contributed by atoms with E-state index in [2.05, 4.69) is 25.6 Å². The molecule has 2 aromatic carbocycles. The Kier molecular flexibility index (Phi) is 7.10. The number of carbonyl (C=O) groups excluding carboxylic acids is 2. The molecule has 0 bridgehead atoms. The Balaban J connectivity index is 1.10. The van der Waals surface area contributed by atoms with E-state index in [1.54, 1.807) is 23.9 Å². The van der Waals surface area contributed by atoms with E-state index in [0.29, 0.717) is 31.1 Å². The molecular weight excluding hydrogens is 555 g/mol. The summed E-state index contributed by atoms with van der Waals surface area (Å²) < 4.78 is 48.0. The molecule has 6 rings (SSSR count). The van der Waals surface area contributed by atoms with E-state index < -0.39 is 23.9 Å². The van der Waals surface area contributed by atoms with Crippen LogP contribution in [0, 0.1) is 0 Å². The first-order valence-corrected chi connectivity index (χ1v) is 13.1. The fourth-order valence-electron chi connectivity index (χ4n) is 5.02. The monoisotopic (exact) mass is 581 g/mol. The summed E-state index contributed by atoms with van der Waals surface area (Å²) in [4.78, 5) is 33.6. The van der Waals surface area contributed by atoms with E-state index in [1.807, 2.05) is 41.3 Å². The predicted octanol–water partition coefficient (Wildman–Crippen LogP) is 2.11. The van der Waals surface area contributed by atoms with Crippen LogP contribution in [0.25, 0.3) is 0 Å². The van der Waals surface area contributed by atoms with Crippen molar-refractivity contribution in [1.82, 2.24) is 39.7 Å². The highest BCUT2D eigenvalue weighted by Crippen LogP contribution is 2.33. The molecule has 0 fully saturated rings. The van der Waals surface area contributed by atoms with Gasteiger partial charge in [-0.2, -0.15) is 13.2 Å². The smallest absolute Gasteiger partial charge is 0.451 e. The second-order valence-electron chi connectivity index (χ2n) is 10.1. The van der Waals surface area contributed by atoms with Gasteiger partial charge in [0.25, 0.3) is 11.8 Å². The van der Waals surface area contributed by atoms with Gasteiger partial charge in [-0.05, 0) is 23.3 Å². The highest BCUT2D eigenvalue weighted by molar-refractivity contribution is 6.02. The van der Waals surface area contributed by atoms with Crippen LogP contribution in [-0.4, -0.2) is 72.5 Å². The third-order valence-electron chi connectivity index (χ3n) is 7.14. The Morgan fingerprint density at radius 3 is 2.67 bits per heavy atom. The summed E-state index contributed by atoms with van der Waals surface area (Å²) in [5, 5.41) is 14.0. The number of nitrogens with zero attached hydrogens (tertiary/aromatic N) is 8. The molecule has 4 heterocycles. The van der Waals surface area contributed by atoms with Gasteiger partial charge >= 0.3 is 6.18 Å². The fourth-order valence-corrected chi connectivity index (χ4v) is 5.02. The summed E-state index contributed by atoms with van der Waals surface area (Å²) >= 11 is 0. The molecule has 0 radical (unpaired) electrons. The van der Waals surface area contributed by atoms with Crippen LogP contribution >= 0.6 is 0 Å². The molecule has 218 valence electrons. The Bertz CT molecular complexity index is 1620. The Labute approximate surface area is 237 Å². The highest BCUT2D eigenvalue weighted by Gasteiger charge is 2.39. The molecule has 4 aromatic rings. The lowest BCUT2D eigenvalue weighted by Crippen LogP contribution is -2.49. The van der Waals surface area contributed by atoms with Gasteiger partial charge in [-0.25, -0.2) is 9.67 Å². The van der Waals surface area contributed by atoms with Crippen LogP contribution in [0.2, 0.25) is 0 Å². The normalized spacial score (nSPS) is 17.3. The van der Waals surface area contributed by atoms with Crippen molar-refractivity contribution in [2.75, 3.05) is 25.1 Å². The van der Waals surface area contributed by atoms with E-state index in [0.717, 1.165) is 15.7 Å². The maximum absolute atomic E-state index is 13.3. The van der Waals surface area contributed by atoms with Gasteiger partial charge in [0.1, 0.15) is 30.5 Å². The number of likely N-dealkylation sites (N-methyl/N-ethyl adjacent to an activating group) is 1. The number of fused-ring (bicyclic) bond motifs is 2. The van der Waals surface area contributed by atoms with Crippen molar-refractivity contribution in [1.29, 1.82) is 0 Å². The number of hydrogen-bond donors (Lipinski definition) is 1. The number of hydrogen-bond acceptors (Lipinski definition) is 8. The van der Waals surface area contributed by atoms with Gasteiger partial charge in [0.2, 0.25) is 11.6 Å². The van der Waals surface area contributed by atoms with Crippen LogP contribution in [0.1, 0.15) is 33.4 Å². The average Bonchev–Trinajstić information content (AvgIpc) is 3.60. The zero-order chi connectivity index (χ0) is 29.4. The van der Waals surface area contributed by atoms with Crippen molar-refractivity contribution in [3.05, 3.63) is 83.5 Å². The fraction of sp³-hybridized carbons (Fsp3) is 0.333. The topological polar surface area (TPSA) is 123 Å². The molecule has 2 aliphatic rings. The molecule has 15 heteroatoms. The first-order valence-electron chi connectivity index (χ1n) is 13.1. The highest BCUT2D eigenvalue weighted by atomic mass is 19.4. The Morgan fingerprint density at radius 2 is 1.88 bits per heavy atom. The van der Waals surface area contributed by atoms with Crippen LogP contribution in [0.3, 0.4) is 0 Å². The first-order chi connectivity index (χ1) is 20.2. The van der Waals surface area contributed by atoms with E-state index >= 15 is 0 Å². The third kappa shape index (κ3) is 5.54. The van der Waals surface area contributed by atoms with E-state index in [1.165, 1.54) is 11.2 Å². The second kappa shape index (κ2) is 10.9. The predicted molar refractivity (Wildman–Crippen MR) is 141 cm³/mol. The third-order valence-corrected chi connectivity index (χ3v) is 7.14. The molecule has 1 atom stereocenters. The van der Waals surface area contributed by atoms with Crippen LogP contribution in [-0.2, 0) is 37.1 Å². The van der Waals surface area contributed by atoms with Gasteiger partial charge in [-0.15, -0.1) is 15.3 Å². The van der Waals surface area contributed by atoms with Gasteiger partial charge in [-0.1, -0.05) is 36.4 Å². The largest absolute Gasteiger partial charge is 0.489 e. The minimum Gasteiger partial charge on any atom is -0.489 e. The summed E-state index contributed by atoms with van der Waals surface area (Å²) in [6.07, 6.45) is -3.10. The van der Waals surface area contributed by atoms with Crippen LogP contribution < -0.4 is 15.0 Å². The van der Waals surface area contributed by atoms with Crippen LogP contribution in [0.4, 0.5) is 18.9 Å². The van der Waals surface area contributed by atoms with Crippen molar-refractivity contribution in [2.24, 2.45) is 0 Å². The van der Waals surface area contributed by atoms with E-state index in [9.17, 15) is 22.8 Å². The summed E-state index contributed by atoms with van der Waals surface area (Å²) in [6.45, 7) is 1.47. The zero-order valence-electron chi connectivity index (χ0n) is 22.5. The van der Waals surface area contributed by atoms with Gasteiger partial charge in [0, 0.05) is 26.7 Å². The number of nitrogens with one attached hydrogen (secondary N) is 1. The molecule has 0 saturated carbocycles. The SMILES string of the molecule is CN1C(=O)[C@@H](NC(=O)c2ncn(Cc3ccccc3)n2)COc2ccc(CN3CCn4c(nnc4C(F)(F)F)C3)cc21. The maximum Gasteiger partial charge on any atom is 0.451 e. The molecule has 12 nitrogen and oxygen atoms in total. The summed E-state index contributed by atoms with van der Waals surface area (Å²) in [7, 11) is 1.59. The minimum atomic E-state index is -4.56. The molecule has 0 unspecified atom stereocenters. The zero-order valence-corrected chi connectivity index (χ0v) is 22.5. The number of halogens is 3. The molecule has 0 spiro atoms. The van der Waals surface area contributed by atoms with Crippen LogP contribution in [0.15, 0.2) is 54.9 Å². The van der Waals surface area contributed by atoms with Crippen molar-refractivity contribution in [2.45, 2.75) is 38.4 Å². The number of alkyl halides is 3. The number of carbonyl (C=O) groups is 2. The van der Waals surface area contributed by atoms with Gasteiger partial charge < -0.3 is 19.5 Å². The number of ether oxygens (including phenoxy) is 1. The lowest BCUT2D eigenvalue weighted by molar-refractivity contribution is -0.148. The standard InChI is InChI=1S/C27H26F3N9O3/c1-36-20-11-18(12-37-9-10-39-22(14-37)33-34-26(39)27(28,29)30)7-8-21(20)42-15-19(25(36)41)32-24(40)23-31-16-38(35-23)13-17-5-3-2-4-6-17/h2-8,11,16,19H,9-10,12-15H2,1H3,(H,32,40)/t19-/m0/s1. The number of benzene rings is 2. The molecule has 2 aromatic heterocycles. The molecule has 1 N–H and O–H groups in total. The minimum absolute atomic E-state index is 0.0647. The number of aromatic nitrogens is 6. The number of rotatable bonds is 6. The average molecular weight is 582 g/mol. The first kappa shape index (κ1) is 27.4. The second-order valence-corrected chi connectivity index (χ2v) is 10.1. The van der Waals surface area contributed by atoms with Crippen molar-refractivity contribution >= 4 is 17.5 Å². The number of amides is 2. The molecule has 0 saturated heterocycles. The van der Waals surface area contributed by atoms with Crippen molar-refractivity contribution in [3.8, 4) is 5.75 Å². The molecule has 0 aliphatic carbocycles. The molecule has 2 amide bonds. The molecular formula is C27H26F3N9O3. The van der Waals surface area contributed by atoms with E-state index in [-0.39, 0.29) is 37.3 Å². The van der Waals surface area contributed by atoms with Crippen LogP contribution in [0.5, 0.6) is 5.75 Å². The van der Waals surface area contributed by atoms with Gasteiger partial charge in [0.05, 0.1) is 18.8 Å². The van der Waals surface area contributed by atoms with Gasteiger partial charge in [0.15, 0.2) is 0 Å². The van der Waals surface area contributed by atoms with Gasteiger partial charge in [-0.3, -0.25) is 14.5 Å². The quantitative estimate of drug-likeness (QED) is 0.368. The molecule has 42 heavy (non-hydrogen) atoms. The Morgan fingerprint density at radius 1 is 1.07 bits per heavy atom. The van der Waals surface area contributed by atoms with E-state index in [4.69, 9.17) is 4.74 Å². The number of anilines is 1. The van der Waals surface area contributed by atoms with Crippen molar-refractivity contribution < 1.29 is 27.5 Å². The Hall–Kier alpha value is -4.79. The van der Waals surface area contributed by atoms with Crippen molar-refractivity contribution in [3.63, 3.8) is 0 Å². The lowest BCUT2D eigenvalue weighted by atomic mass is 10.1. The maximum atomic E-state index is 13.3. The summed E-state index contributed by atoms with van der Waals surface area (Å²) in [6, 6.07) is 14.0.